The molecular formula is C21H28ClN5OS. The Morgan fingerprint density at radius 2 is 2.00 bits per heavy atom. The van der Waals surface area contributed by atoms with Gasteiger partial charge in [0, 0.05) is 41.2 Å². The van der Waals surface area contributed by atoms with Crippen molar-refractivity contribution in [3.8, 4) is 0 Å². The van der Waals surface area contributed by atoms with Gasteiger partial charge in [-0.1, -0.05) is 13.8 Å². The standard InChI is InChI=1S/C21H27N5OS.ClH/c1-3-25(4-2)11-12-26-17-8-7-16(23-10-9-22)21-19(17)20(24-26)15-6-5-14(27)13-18(15)28-21;/h5-8,13,23-24H,3-4,9-12,22H2,1-2H3;1H. The summed E-state index contributed by atoms with van der Waals surface area (Å²) in [6.45, 7) is 9.67. The van der Waals surface area contributed by atoms with Crippen molar-refractivity contribution in [2.24, 2.45) is 5.73 Å². The molecule has 0 unspecified atom stereocenters. The number of nitrogens with two attached hydrogens (primary N) is 1. The summed E-state index contributed by atoms with van der Waals surface area (Å²) >= 11 is 1.67. The van der Waals surface area contributed by atoms with Crippen LogP contribution in [-0.2, 0) is 6.54 Å². The fourth-order valence-corrected chi connectivity index (χ4v) is 5.03. The first-order valence-corrected chi connectivity index (χ1v) is 10.7. The zero-order chi connectivity index (χ0) is 19.7. The van der Waals surface area contributed by atoms with Gasteiger partial charge in [0.15, 0.2) is 5.43 Å². The van der Waals surface area contributed by atoms with E-state index in [1.165, 1.54) is 10.9 Å². The third-order valence-corrected chi connectivity index (χ3v) is 6.54. The Balaban J connectivity index is 0.00000240. The number of anilines is 1. The molecule has 156 valence electrons. The molecule has 29 heavy (non-hydrogen) atoms. The van der Waals surface area contributed by atoms with E-state index < -0.39 is 0 Å². The van der Waals surface area contributed by atoms with Crippen LogP contribution in [0.15, 0.2) is 35.1 Å². The van der Waals surface area contributed by atoms with Gasteiger partial charge in [0.2, 0.25) is 0 Å². The molecule has 0 bridgehead atoms. The first kappa shape index (κ1) is 21.6. The van der Waals surface area contributed by atoms with Crippen molar-refractivity contribution >= 4 is 60.6 Å². The van der Waals surface area contributed by atoms with Crippen molar-refractivity contribution in [2.75, 3.05) is 38.0 Å². The third kappa shape index (κ3) is 4.00. The molecule has 4 aromatic rings. The number of likely N-dealkylation sites (N-methyl/N-ethyl adjacent to an activating group) is 1. The number of nitrogens with zero attached hydrogens (tertiary/aromatic N) is 2. The van der Waals surface area contributed by atoms with Gasteiger partial charge in [-0.25, -0.2) is 0 Å². The largest absolute Gasteiger partial charge is 0.383 e. The van der Waals surface area contributed by atoms with Crippen molar-refractivity contribution in [2.45, 2.75) is 20.4 Å². The summed E-state index contributed by atoms with van der Waals surface area (Å²) in [4.78, 5) is 14.4. The minimum absolute atomic E-state index is 0. The van der Waals surface area contributed by atoms with E-state index in [1.54, 1.807) is 23.5 Å². The molecule has 0 aliphatic carbocycles. The minimum atomic E-state index is 0. The van der Waals surface area contributed by atoms with Crippen molar-refractivity contribution in [3.63, 3.8) is 0 Å². The number of hydrogen-bond donors (Lipinski definition) is 3. The molecule has 0 spiro atoms. The van der Waals surface area contributed by atoms with Crippen LogP contribution >= 0.6 is 23.7 Å². The van der Waals surface area contributed by atoms with Gasteiger partial charge in [0.1, 0.15) is 0 Å². The smallest absolute Gasteiger partial charge is 0.180 e. The number of aromatic amines is 1. The maximum Gasteiger partial charge on any atom is 0.180 e. The summed E-state index contributed by atoms with van der Waals surface area (Å²) in [6, 6.07) is 9.61. The van der Waals surface area contributed by atoms with E-state index in [2.05, 4.69) is 46.0 Å². The molecule has 0 aliphatic heterocycles. The molecule has 0 aliphatic rings. The summed E-state index contributed by atoms with van der Waals surface area (Å²) in [5.41, 5.74) is 9.09. The first-order chi connectivity index (χ1) is 13.7. The van der Waals surface area contributed by atoms with Crippen LogP contribution in [0.25, 0.3) is 31.2 Å². The van der Waals surface area contributed by atoms with E-state index in [-0.39, 0.29) is 17.8 Å². The monoisotopic (exact) mass is 433 g/mol. The van der Waals surface area contributed by atoms with Crippen LogP contribution in [0.2, 0.25) is 0 Å². The third-order valence-electron chi connectivity index (χ3n) is 5.35. The zero-order valence-corrected chi connectivity index (χ0v) is 18.5. The van der Waals surface area contributed by atoms with Crippen molar-refractivity contribution in [1.29, 1.82) is 0 Å². The Morgan fingerprint density at radius 3 is 2.72 bits per heavy atom. The molecule has 2 heterocycles. The summed E-state index contributed by atoms with van der Waals surface area (Å²) in [6.07, 6.45) is 0. The van der Waals surface area contributed by atoms with Gasteiger partial charge in [-0.3, -0.25) is 14.6 Å². The lowest BCUT2D eigenvalue weighted by Gasteiger charge is -2.18. The molecule has 2 aromatic carbocycles. The normalized spacial score (nSPS) is 11.6. The second-order valence-electron chi connectivity index (χ2n) is 6.98. The number of benzene rings is 2. The number of nitrogens with one attached hydrogen (secondary N) is 2. The van der Waals surface area contributed by atoms with Gasteiger partial charge in [0.25, 0.3) is 0 Å². The Hall–Kier alpha value is -2.06. The van der Waals surface area contributed by atoms with E-state index in [1.807, 2.05) is 6.07 Å². The molecular weight excluding hydrogens is 406 g/mol. The molecule has 0 fully saturated rings. The average molecular weight is 434 g/mol. The first-order valence-electron chi connectivity index (χ1n) is 9.90. The number of rotatable bonds is 8. The summed E-state index contributed by atoms with van der Waals surface area (Å²) < 4.78 is 4.40. The van der Waals surface area contributed by atoms with Gasteiger partial charge in [0.05, 0.1) is 28.0 Å². The topological polar surface area (TPSA) is 79.1 Å². The lowest BCUT2D eigenvalue weighted by atomic mass is 10.1. The zero-order valence-electron chi connectivity index (χ0n) is 16.8. The lowest BCUT2D eigenvalue weighted by Crippen LogP contribution is -2.27. The summed E-state index contributed by atoms with van der Waals surface area (Å²) in [5.74, 6) is 0. The van der Waals surface area contributed by atoms with E-state index in [0.717, 1.165) is 58.7 Å². The van der Waals surface area contributed by atoms with Crippen LogP contribution in [0.4, 0.5) is 5.69 Å². The number of H-pyrrole nitrogens is 1. The van der Waals surface area contributed by atoms with Gasteiger partial charge >= 0.3 is 0 Å². The van der Waals surface area contributed by atoms with E-state index >= 15 is 0 Å². The highest BCUT2D eigenvalue weighted by atomic mass is 35.5. The Labute approximate surface area is 180 Å². The van der Waals surface area contributed by atoms with Gasteiger partial charge < -0.3 is 16.0 Å². The van der Waals surface area contributed by atoms with Crippen molar-refractivity contribution in [3.05, 3.63) is 40.6 Å². The molecule has 0 saturated carbocycles. The van der Waals surface area contributed by atoms with Crippen LogP contribution in [0.3, 0.4) is 0 Å². The predicted molar refractivity (Wildman–Crippen MR) is 128 cm³/mol. The van der Waals surface area contributed by atoms with Crippen LogP contribution in [0, 0.1) is 0 Å². The highest BCUT2D eigenvalue weighted by molar-refractivity contribution is 7.25. The molecule has 4 N–H and O–H groups in total. The molecule has 8 heteroatoms. The second kappa shape index (κ2) is 9.17. The molecule has 6 nitrogen and oxygen atoms in total. The summed E-state index contributed by atoms with van der Waals surface area (Å²) in [5, 5.41) is 9.37. The number of aromatic nitrogens is 2. The van der Waals surface area contributed by atoms with Crippen molar-refractivity contribution < 1.29 is 0 Å². The predicted octanol–water partition coefficient (Wildman–Crippen LogP) is 3.83. The van der Waals surface area contributed by atoms with Gasteiger partial charge in [-0.05, 0) is 37.4 Å². The molecule has 0 amide bonds. The molecule has 4 rings (SSSR count). The summed E-state index contributed by atoms with van der Waals surface area (Å²) in [7, 11) is 0. The molecule has 0 radical (unpaired) electrons. The van der Waals surface area contributed by atoms with E-state index in [4.69, 9.17) is 5.73 Å². The Bertz CT molecular complexity index is 1170. The number of hydrogen-bond acceptors (Lipinski definition) is 5. The van der Waals surface area contributed by atoms with E-state index in [9.17, 15) is 4.79 Å². The molecule has 2 aromatic heterocycles. The SMILES string of the molecule is CCN(CC)CCn1[nH]c2c3ccc(=O)cc3sc3c(NCCN)ccc1c32.Cl. The van der Waals surface area contributed by atoms with Crippen LogP contribution in [-0.4, -0.2) is 47.4 Å². The van der Waals surface area contributed by atoms with Crippen molar-refractivity contribution in [1.82, 2.24) is 14.7 Å². The fraction of sp³-hybridized carbons (Fsp3) is 0.381. The Kier molecular flexibility index (Phi) is 6.85. The minimum Gasteiger partial charge on any atom is -0.383 e. The average Bonchev–Trinajstić information content (AvgIpc) is 3.08. The van der Waals surface area contributed by atoms with Crippen LogP contribution in [0.5, 0.6) is 0 Å². The van der Waals surface area contributed by atoms with Gasteiger partial charge in [-0.15, -0.1) is 23.7 Å². The van der Waals surface area contributed by atoms with E-state index in [0.29, 0.717) is 6.54 Å². The maximum absolute atomic E-state index is 11.9. The highest BCUT2D eigenvalue weighted by Crippen LogP contribution is 2.40. The quantitative estimate of drug-likeness (QED) is 0.369. The van der Waals surface area contributed by atoms with Crippen LogP contribution < -0.4 is 16.5 Å². The number of fused-ring (bicyclic) bond motifs is 2. The maximum atomic E-state index is 11.9. The van der Waals surface area contributed by atoms with Gasteiger partial charge in [-0.2, -0.15) is 0 Å². The lowest BCUT2D eigenvalue weighted by molar-refractivity contribution is 0.287. The Morgan fingerprint density at radius 1 is 1.21 bits per heavy atom. The molecule has 0 atom stereocenters. The number of halogens is 1. The molecule has 0 saturated heterocycles. The highest BCUT2D eigenvalue weighted by Gasteiger charge is 2.16. The fourth-order valence-electron chi connectivity index (χ4n) is 3.80. The second-order valence-corrected chi connectivity index (χ2v) is 8.03. The van der Waals surface area contributed by atoms with Crippen LogP contribution in [0.1, 0.15) is 13.8 Å².